The summed E-state index contributed by atoms with van der Waals surface area (Å²) in [7, 11) is 0. The van der Waals surface area contributed by atoms with Crippen LogP contribution in [0.15, 0.2) is 58.4 Å². The second kappa shape index (κ2) is 4.68. The highest BCUT2D eigenvalue weighted by molar-refractivity contribution is 7.08. The molecule has 4 aromatic rings. The van der Waals surface area contributed by atoms with E-state index in [9.17, 15) is 4.79 Å². The van der Waals surface area contributed by atoms with Crippen molar-refractivity contribution in [3.63, 3.8) is 0 Å². The molecule has 1 aromatic carbocycles. The van der Waals surface area contributed by atoms with E-state index >= 15 is 0 Å². The van der Waals surface area contributed by atoms with Crippen molar-refractivity contribution in [1.82, 2.24) is 19.5 Å². The number of hydrogen-bond acceptors (Lipinski definition) is 4. The van der Waals surface area contributed by atoms with Crippen LogP contribution in [0.25, 0.3) is 28.0 Å². The zero-order valence-corrected chi connectivity index (χ0v) is 11.7. The SMILES string of the molecule is O=c1nccc(-c2ccc3c(c2)ncn3-c2ccsc2)[nH]1. The number of nitrogens with zero attached hydrogens (tertiary/aromatic N) is 3. The molecular formula is C15H10N4OS. The largest absolute Gasteiger partial charge is 0.345 e. The van der Waals surface area contributed by atoms with E-state index < -0.39 is 0 Å². The number of H-pyrrole nitrogens is 1. The van der Waals surface area contributed by atoms with E-state index in [-0.39, 0.29) is 5.69 Å². The second-order valence-electron chi connectivity index (χ2n) is 4.59. The molecule has 102 valence electrons. The Kier molecular flexibility index (Phi) is 2.68. The predicted octanol–water partition coefficient (Wildman–Crippen LogP) is 2.84. The minimum atomic E-state index is -0.351. The van der Waals surface area contributed by atoms with Crippen LogP contribution in [0.5, 0.6) is 0 Å². The molecule has 21 heavy (non-hydrogen) atoms. The van der Waals surface area contributed by atoms with Gasteiger partial charge in [-0.1, -0.05) is 6.07 Å². The molecule has 0 unspecified atom stereocenters. The molecule has 6 heteroatoms. The summed E-state index contributed by atoms with van der Waals surface area (Å²) in [4.78, 5) is 22.1. The molecule has 1 N–H and O–H groups in total. The molecule has 0 spiro atoms. The van der Waals surface area contributed by atoms with Crippen LogP contribution in [-0.2, 0) is 0 Å². The van der Waals surface area contributed by atoms with Gasteiger partial charge in [-0.05, 0) is 29.6 Å². The fraction of sp³-hybridized carbons (Fsp3) is 0. The highest BCUT2D eigenvalue weighted by Gasteiger charge is 2.07. The zero-order valence-electron chi connectivity index (χ0n) is 10.9. The summed E-state index contributed by atoms with van der Waals surface area (Å²) < 4.78 is 2.05. The van der Waals surface area contributed by atoms with E-state index in [1.54, 1.807) is 17.4 Å². The molecule has 3 aromatic heterocycles. The van der Waals surface area contributed by atoms with Crippen LogP contribution >= 0.6 is 11.3 Å². The molecule has 0 amide bonds. The van der Waals surface area contributed by atoms with E-state index in [0.717, 1.165) is 28.0 Å². The van der Waals surface area contributed by atoms with Gasteiger partial charge in [0.05, 0.1) is 22.4 Å². The first kappa shape index (κ1) is 12.0. The van der Waals surface area contributed by atoms with Gasteiger partial charge in [-0.25, -0.2) is 14.8 Å². The van der Waals surface area contributed by atoms with Crippen LogP contribution in [0.1, 0.15) is 0 Å². The number of nitrogens with one attached hydrogen (secondary N) is 1. The molecular weight excluding hydrogens is 284 g/mol. The molecule has 4 rings (SSSR count). The average Bonchev–Trinajstić information content (AvgIpc) is 3.15. The van der Waals surface area contributed by atoms with Crippen LogP contribution in [0, 0.1) is 0 Å². The van der Waals surface area contributed by atoms with Gasteiger partial charge in [-0.3, -0.25) is 4.57 Å². The number of thiophene rings is 1. The van der Waals surface area contributed by atoms with Crippen molar-refractivity contribution in [2.24, 2.45) is 0 Å². The van der Waals surface area contributed by atoms with Crippen molar-refractivity contribution in [2.45, 2.75) is 0 Å². The summed E-state index contributed by atoms with van der Waals surface area (Å²) in [6, 6.07) is 9.77. The Morgan fingerprint density at radius 1 is 1.14 bits per heavy atom. The van der Waals surface area contributed by atoms with Crippen molar-refractivity contribution in [1.29, 1.82) is 0 Å². The van der Waals surface area contributed by atoms with Crippen molar-refractivity contribution < 1.29 is 0 Å². The summed E-state index contributed by atoms with van der Waals surface area (Å²) in [5.74, 6) is 0. The smallest absolute Gasteiger partial charge is 0.305 e. The maximum Gasteiger partial charge on any atom is 0.345 e. The molecule has 0 aliphatic heterocycles. The van der Waals surface area contributed by atoms with Crippen molar-refractivity contribution in [3.05, 3.63) is 64.1 Å². The third kappa shape index (κ3) is 2.05. The number of fused-ring (bicyclic) bond motifs is 1. The van der Waals surface area contributed by atoms with Gasteiger partial charge in [-0.2, -0.15) is 11.3 Å². The Labute approximate surface area is 123 Å². The van der Waals surface area contributed by atoms with E-state index in [1.165, 1.54) is 6.20 Å². The number of hydrogen-bond donors (Lipinski definition) is 1. The zero-order chi connectivity index (χ0) is 14.2. The van der Waals surface area contributed by atoms with Gasteiger partial charge >= 0.3 is 5.69 Å². The molecule has 5 nitrogen and oxygen atoms in total. The van der Waals surface area contributed by atoms with Crippen molar-refractivity contribution >= 4 is 22.4 Å². The first-order valence-corrected chi connectivity index (χ1v) is 7.31. The maximum atomic E-state index is 11.3. The molecule has 0 radical (unpaired) electrons. The third-order valence-corrected chi connectivity index (χ3v) is 3.99. The van der Waals surface area contributed by atoms with Gasteiger partial charge in [0.25, 0.3) is 0 Å². The maximum absolute atomic E-state index is 11.3. The van der Waals surface area contributed by atoms with Gasteiger partial charge in [0.1, 0.15) is 6.33 Å². The highest BCUT2D eigenvalue weighted by Crippen LogP contribution is 2.24. The summed E-state index contributed by atoms with van der Waals surface area (Å²) in [5, 5.41) is 4.12. The van der Waals surface area contributed by atoms with E-state index in [0.29, 0.717) is 0 Å². The highest BCUT2D eigenvalue weighted by atomic mass is 32.1. The molecule has 0 atom stereocenters. The standard InChI is InChI=1S/C15H10N4OS/c20-15-16-5-3-12(18-15)10-1-2-14-13(7-10)17-9-19(14)11-4-6-21-8-11/h1-9H,(H,16,18,20). The molecule has 0 aliphatic carbocycles. The fourth-order valence-corrected chi connectivity index (χ4v) is 2.95. The van der Waals surface area contributed by atoms with Crippen LogP contribution in [0.3, 0.4) is 0 Å². The van der Waals surface area contributed by atoms with Crippen LogP contribution < -0.4 is 5.69 Å². The number of aromatic nitrogens is 4. The summed E-state index contributed by atoms with van der Waals surface area (Å²) in [6.45, 7) is 0. The van der Waals surface area contributed by atoms with Gasteiger partial charge in [0, 0.05) is 17.1 Å². The third-order valence-electron chi connectivity index (χ3n) is 3.32. The lowest BCUT2D eigenvalue weighted by Gasteiger charge is -2.03. The average molecular weight is 294 g/mol. The van der Waals surface area contributed by atoms with E-state index in [1.807, 2.05) is 34.5 Å². The molecule has 0 bridgehead atoms. The normalized spacial score (nSPS) is 11.0. The topological polar surface area (TPSA) is 63.6 Å². The lowest BCUT2D eigenvalue weighted by atomic mass is 10.1. The van der Waals surface area contributed by atoms with Crippen molar-refractivity contribution in [2.75, 3.05) is 0 Å². The Morgan fingerprint density at radius 2 is 2.10 bits per heavy atom. The number of benzene rings is 1. The molecule has 0 saturated carbocycles. The Bertz CT molecular complexity index is 969. The Balaban J connectivity index is 1.87. The molecule has 3 heterocycles. The van der Waals surface area contributed by atoms with Gasteiger partial charge in [0.2, 0.25) is 0 Å². The minimum absolute atomic E-state index is 0.351. The lowest BCUT2D eigenvalue weighted by molar-refractivity contribution is 1.08. The van der Waals surface area contributed by atoms with Gasteiger partial charge in [-0.15, -0.1) is 0 Å². The molecule has 0 saturated heterocycles. The Morgan fingerprint density at radius 3 is 2.90 bits per heavy atom. The Hall–Kier alpha value is -2.73. The fourth-order valence-electron chi connectivity index (χ4n) is 2.32. The summed E-state index contributed by atoms with van der Waals surface area (Å²) in [6.07, 6.45) is 3.31. The quantitative estimate of drug-likeness (QED) is 0.618. The first-order chi connectivity index (χ1) is 10.3. The molecule has 0 fully saturated rings. The second-order valence-corrected chi connectivity index (χ2v) is 5.37. The monoisotopic (exact) mass is 294 g/mol. The van der Waals surface area contributed by atoms with E-state index in [4.69, 9.17) is 0 Å². The first-order valence-electron chi connectivity index (χ1n) is 6.37. The minimum Gasteiger partial charge on any atom is -0.305 e. The van der Waals surface area contributed by atoms with Gasteiger partial charge in [0.15, 0.2) is 0 Å². The van der Waals surface area contributed by atoms with E-state index in [2.05, 4.69) is 26.4 Å². The van der Waals surface area contributed by atoms with Gasteiger partial charge < -0.3 is 4.98 Å². The predicted molar refractivity (Wildman–Crippen MR) is 82.8 cm³/mol. The summed E-state index contributed by atoms with van der Waals surface area (Å²) >= 11 is 1.65. The molecule has 0 aliphatic rings. The number of aromatic amines is 1. The number of imidazole rings is 1. The number of rotatable bonds is 2. The van der Waals surface area contributed by atoms with Crippen molar-refractivity contribution in [3.8, 4) is 16.9 Å². The lowest BCUT2D eigenvalue weighted by Crippen LogP contribution is -2.09. The van der Waals surface area contributed by atoms with Crippen LogP contribution in [0.4, 0.5) is 0 Å². The summed E-state index contributed by atoms with van der Waals surface area (Å²) in [5.41, 5.74) is 4.33. The van der Waals surface area contributed by atoms with Crippen LogP contribution in [-0.4, -0.2) is 19.5 Å². The van der Waals surface area contributed by atoms with Crippen LogP contribution in [0.2, 0.25) is 0 Å².